The van der Waals surface area contributed by atoms with E-state index >= 15 is 0 Å². The number of carboxylic acids is 1. The fourth-order valence-electron chi connectivity index (χ4n) is 3.28. The Bertz CT molecular complexity index is 1200. The lowest BCUT2D eigenvalue weighted by Gasteiger charge is -2.10. The van der Waals surface area contributed by atoms with Crippen molar-refractivity contribution in [2.45, 2.75) is 6.54 Å². The summed E-state index contributed by atoms with van der Waals surface area (Å²) >= 11 is 0. The molecule has 6 heteroatoms. The lowest BCUT2D eigenvalue weighted by Crippen LogP contribution is -2.03. The number of carbonyl (C=O) groups is 2. The number of ether oxygens (including phenoxy) is 1. The van der Waals surface area contributed by atoms with Crippen molar-refractivity contribution in [3.05, 3.63) is 89.5 Å². The Kier molecular flexibility index (Phi) is 4.83. The van der Waals surface area contributed by atoms with Crippen LogP contribution in [0.2, 0.25) is 0 Å². The molecule has 0 spiro atoms. The monoisotopic (exact) mass is 386 g/mol. The van der Waals surface area contributed by atoms with Gasteiger partial charge in [0.25, 0.3) is 0 Å². The largest absolute Gasteiger partial charge is 0.478 e. The molecule has 0 aliphatic carbocycles. The molecule has 6 nitrogen and oxygen atoms in total. The molecular weight excluding hydrogens is 368 g/mol. The fourth-order valence-corrected chi connectivity index (χ4v) is 3.28. The van der Waals surface area contributed by atoms with Crippen LogP contribution in [0.4, 0.5) is 0 Å². The van der Waals surface area contributed by atoms with E-state index in [1.165, 1.54) is 7.11 Å². The summed E-state index contributed by atoms with van der Waals surface area (Å²) in [6.07, 6.45) is 0. The molecule has 1 heterocycles. The van der Waals surface area contributed by atoms with Crippen LogP contribution in [-0.2, 0) is 11.3 Å². The van der Waals surface area contributed by atoms with Crippen LogP contribution >= 0.6 is 0 Å². The third-order valence-corrected chi connectivity index (χ3v) is 4.74. The molecule has 4 aromatic rings. The number of esters is 1. The maximum Gasteiger partial charge on any atom is 0.337 e. The average Bonchev–Trinajstić information content (AvgIpc) is 3.11. The Labute approximate surface area is 167 Å². The van der Waals surface area contributed by atoms with E-state index in [0.29, 0.717) is 23.4 Å². The molecule has 0 unspecified atom stereocenters. The summed E-state index contributed by atoms with van der Waals surface area (Å²) in [7, 11) is 1.34. The quantitative estimate of drug-likeness (QED) is 0.519. The summed E-state index contributed by atoms with van der Waals surface area (Å²) in [4.78, 5) is 27.8. The zero-order valence-corrected chi connectivity index (χ0v) is 15.7. The van der Waals surface area contributed by atoms with Gasteiger partial charge in [0.2, 0.25) is 0 Å². The van der Waals surface area contributed by atoms with Gasteiger partial charge in [0.05, 0.1) is 29.3 Å². The number of hydrogen-bond acceptors (Lipinski definition) is 4. The molecule has 0 saturated heterocycles. The molecule has 0 amide bonds. The van der Waals surface area contributed by atoms with Crippen molar-refractivity contribution >= 4 is 23.0 Å². The number of hydrogen-bond donors (Lipinski definition) is 1. The number of methoxy groups -OCH3 is 1. The lowest BCUT2D eigenvalue weighted by molar-refractivity contribution is 0.0600. The Morgan fingerprint density at radius 3 is 2.31 bits per heavy atom. The molecule has 144 valence electrons. The van der Waals surface area contributed by atoms with E-state index in [1.807, 2.05) is 36.4 Å². The molecule has 0 saturated carbocycles. The molecule has 0 radical (unpaired) electrons. The van der Waals surface area contributed by atoms with Gasteiger partial charge in [-0.05, 0) is 35.9 Å². The second-order valence-electron chi connectivity index (χ2n) is 6.58. The highest BCUT2D eigenvalue weighted by atomic mass is 16.5. The van der Waals surface area contributed by atoms with Gasteiger partial charge in [0.1, 0.15) is 5.82 Å². The number of carboxylic acid groups (broad SMARTS) is 1. The van der Waals surface area contributed by atoms with E-state index in [0.717, 1.165) is 16.6 Å². The topological polar surface area (TPSA) is 81.4 Å². The third-order valence-electron chi connectivity index (χ3n) is 4.74. The number of carbonyl (C=O) groups excluding carboxylic acids is 1. The summed E-state index contributed by atoms with van der Waals surface area (Å²) in [6, 6.07) is 21.9. The molecule has 0 atom stereocenters. The van der Waals surface area contributed by atoms with E-state index in [4.69, 9.17) is 14.8 Å². The average molecular weight is 386 g/mol. The molecule has 0 fully saturated rings. The first-order chi connectivity index (χ1) is 14.1. The number of nitrogens with zero attached hydrogens (tertiary/aromatic N) is 2. The van der Waals surface area contributed by atoms with Crippen LogP contribution in [0.3, 0.4) is 0 Å². The first-order valence-electron chi connectivity index (χ1n) is 9.03. The molecule has 0 aliphatic heterocycles. The first kappa shape index (κ1) is 18.4. The maximum atomic E-state index is 11.9. The van der Waals surface area contributed by atoms with Crippen LogP contribution in [0.25, 0.3) is 22.4 Å². The van der Waals surface area contributed by atoms with Gasteiger partial charge < -0.3 is 14.4 Å². The van der Waals surface area contributed by atoms with Gasteiger partial charge in [-0.25, -0.2) is 14.6 Å². The summed E-state index contributed by atoms with van der Waals surface area (Å²) in [6.45, 7) is 0.588. The zero-order chi connectivity index (χ0) is 20.4. The smallest absolute Gasteiger partial charge is 0.337 e. The zero-order valence-electron chi connectivity index (χ0n) is 15.7. The minimum absolute atomic E-state index is 0.215. The molecule has 1 N–H and O–H groups in total. The Hall–Kier alpha value is -3.93. The van der Waals surface area contributed by atoms with Crippen LogP contribution in [-0.4, -0.2) is 33.7 Å². The molecule has 1 aromatic heterocycles. The van der Waals surface area contributed by atoms with E-state index < -0.39 is 11.9 Å². The minimum Gasteiger partial charge on any atom is -0.478 e. The third kappa shape index (κ3) is 3.60. The van der Waals surface area contributed by atoms with Gasteiger partial charge in [0.15, 0.2) is 0 Å². The van der Waals surface area contributed by atoms with Crippen molar-refractivity contribution in [2.75, 3.05) is 7.11 Å². The summed E-state index contributed by atoms with van der Waals surface area (Å²) in [5.41, 5.74) is 4.08. The molecule has 3 aromatic carbocycles. The normalized spacial score (nSPS) is 10.8. The highest BCUT2D eigenvalue weighted by molar-refractivity contribution is 5.94. The number of aromatic carboxylic acids is 1. The Balaban J connectivity index is 1.87. The predicted octanol–water partition coefficient (Wildman–Crippen LogP) is 4.24. The molecule has 29 heavy (non-hydrogen) atoms. The summed E-state index contributed by atoms with van der Waals surface area (Å²) < 4.78 is 6.87. The molecule has 0 bridgehead atoms. The Morgan fingerprint density at radius 2 is 1.66 bits per heavy atom. The standard InChI is InChI=1S/C23H18N2O4/c1-29-23(28)18-11-12-20-19(13-18)24-21(16-7-9-17(10-8-16)22(26)27)25(20)14-15-5-3-2-4-6-15/h2-13H,14H2,1H3,(H,26,27). The molecular formula is C23H18N2O4. The van der Waals surface area contributed by atoms with Crippen LogP contribution in [0, 0.1) is 0 Å². The first-order valence-corrected chi connectivity index (χ1v) is 9.03. The lowest BCUT2D eigenvalue weighted by atomic mass is 10.1. The van der Waals surface area contributed by atoms with Crippen LogP contribution in [0.15, 0.2) is 72.8 Å². The van der Waals surface area contributed by atoms with E-state index in [1.54, 1.807) is 36.4 Å². The predicted molar refractivity (Wildman–Crippen MR) is 109 cm³/mol. The van der Waals surface area contributed by atoms with Crippen molar-refractivity contribution in [3.8, 4) is 11.4 Å². The van der Waals surface area contributed by atoms with Gasteiger partial charge in [-0.3, -0.25) is 0 Å². The maximum absolute atomic E-state index is 11.9. The summed E-state index contributed by atoms with van der Waals surface area (Å²) in [5.74, 6) is -0.697. The van der Waals surface area contributed by atoms with Gasteiger partial charge in [-0.2, -0.15) is 0 Å². The van der Waals surface area contributed by atoms with Crippen molar-refractivity contribution in [1.82, 2.24) is 9.55 Å². The van der Waals surface area contributed by atoms with Crippen LogP contribution < -0.4 is 0 Å². The van der Waals surface area contributed by atoms with Crippen molar-refractivity contribution < 1.29 is 19.4 Å². The van der Waals surface area contributed by atoms with E-state index in [9.17, 15) is 9.59 Å². The number of fused-ring (bicyclic) bond motifs is 1. The van der Waals surface area contributed by atoms with Crippen molar-refractivity contribution in [2.24, 2.45) is 0 Å². The highest BCUT2D eigenvalue weighted by Gasteiger charge is 2.16. The Morgan fingerprint density at radius 1 is 0.966 bits per heavy atom. The number of imidazole rings is 1. The molecule has 4 rings (SSSR count). The number of benzene rings is 3. The second-order valence-corrected chi connectivity index (χ2v) is 6.58. The fraction of sp³-hybridized carbons (Fsp3) is 0.0870. The van der Waals surface area contributed by atoms with Crippen LogP contribution in [0.1, 0.15) is 26.3 Å². The van der Waals surface area contributed by atoms with Gasteiger partial charge >= 0.3 is 11.9 Å². The summed E-state index contributed by atoms with van der Waals surface area (Å²) in [5, 5.41) is 9.15. The number of rotatable bonds is 5. The van der Waals surface area contributed by atoms with Gasteiger partial charge in [0, 0.05) is 12.1 Å². The number of aromatic nitrogens is 2. The second kappa shape index (κ2) is 7.59. The van der Waals surface area contributed by atoms with Gasteiger partial charge in [-0.1, -0.05) is 42.5 Å². The highest BCUT2D eigenvalue weighted by Crippen LogP contribution is 2.27. The van der Waals surface area contributed by atoms with Crippen molar-refractivity contribution in [3.63, 3.8) is 0 Å². The molecule has 0 aliphatic rings. The minimum atomic E-state index is -0.975. The SMILES string of the molecule is COC(=O)c1ccc2c(c1)nc(-c1ccc(C(=O)O)cc1)n2Cc1ccccc1. The van der Waals surface area contributed by atoms with Crippen molar-refractivity contribution in [1.29, 1.82) is 0 Å². The van der Waals surface area contributed by atoms with Crippen LogP contribution in [0.5, 0.6) is 0 Å². The van der Waals surface area contributed by atoms with Gasteiger partial charge in [-0.15, -0.1) is 0 Å². The van der Waals surface area contributed by atoms with E-state index in [2.05, 4.69) is 4.57 Å². The van der Waals surface area contributed by atoms with E-state index in [-0.39, 0.29) is 5.56 Å².